The zero-order valence-corrected chi connectivity index (χ0v) is 51.4. The van der Waals surface area contributed by atoms with Gasteiger partial charge in [-0.15, -0.1) is 0 Å². The molecule has 2 fully saturated rings. The van der Waals surface area contributed by atoms with Gasteiger partial charge in [-0.2, -0.15) is 0 Å². The molecule has 2 nitrogen and oxygen atoms in total. The Bertz CT molecular complexity index is 4950. The van der Waals surface area contributed by atoms with Gasteiger partial charge < -0.3 is 9.80 Å². The van der Waals surface area contributed by atoms with E-state index in [1.165, 1.54) is 137 Å². The van der Waals surface area contributed by atoms with Gasteiger partial charge in [0.05, 0.1) is 16.8 Å². The van der Waals surface area contributed by atoms with Crippen molar-refractivity contribution in [3.63, 3.8) is 0 Å². The molecule has 4 unspecified atom stereocenters. The summed E-state index contributed by atoms with van der Waals surface area (Å²) < 4.78 is 0. The summed E-state index contributed by atoms with van der Waals surface area (Å²) in [6.45, 7) is 4.76. The van der Waals surface area contributed by atoms with E-state index in [1.807, 2.05) is 0 Å². The molecule has 0 aliphatic heterocycles. The molecule has 0 N–H and O–H groups in total. The van der Waals surface area contributed by atoms with Crippen LogP contribution in [-0.4, -0.2) is 0 Å². The summed E-state index contributed by atoms with van der Waals surface area (Å²) in [5, 5.41) is 0. The van der Waals surface area contributed by atoms with E-state index >= 15 is 0 Å². The quantitative estimate of drug-likeness (QED) is 0.127. The van der Waals surface area contributed by atoms with Crippen LogP contribution in [0.5, 0.6) is 0 Å². The second-order valence-corrected chi connectivity index (χ2v) is 26.7. The van der Waals surface area contributed by atoms with Gasteiger partial charge in [-0.05, 0) is 228 Å². The topological polar surface area (TPSA) is 6.48 Å². The van der Waals surface area contributed by atoms with Crippen LogP contribution in [0, 0.1) is 11.8 Å². The van der Waals surface area contributed by atoms with Gasteiger partial charge in [0.1, 0.15) is 0 Å². The lowest BCUT2D eigenvalue weighted by Crippen LogP contribution is -2.27. The van der Waals surface area contributed by atoms with Crippen molar-refractivity contribution >= 4 is 34.1 Å². The normalized spacial score (nSPS) is 18.1. The molecule has 0 heterocycles. The first-order valence-electron chi connectivity index (χ1n) is 32.8. The first-order valence-corrected chi connectivity index (χ1v) is 32.8. The Labute approximate surface area is 535 Å². The second-order valence-electron chi connectivity index (χ2n) is 26.7. The molecule has 434 valence electrons. The number of hydrogen-bond acceptors (Lipinski definition) is 2. The molecule has 0 saturated heterocycles. The Balaban J connectivity index is 0.956. The SMILES string of the molecule is CC1(C)c2ccccc2-c2cc(N(c3ccccc3)c3cc4c(cc3-c3ccccc3)-c3cc(-c5ccccc5)ccc3C43c4ccc(-c5ccccc5)cc4-c4cc(-c5ccccc5)c(N(c5ccccc5)c5ccc(C6CC7CCC6C7)cc5)cc43)ccc21. The van der Waals surface area contributed by atoms with Crippen molar-refractivity contribution in [1.29, 1.82) is 0 Å². The van der Waals surface area contributed by atoms with Gasteiger partial charge in [-0.3, -0.25) is 0 Å². The van der Waals surface area contributed by atoms with Crippen LogP contribution in [0.3, 0.4) is 0 Å². The minimum absolute atomic E-state index is 0.140. The highest BCUT2D eigenvalue weighted by molar-refractivity contribution is 6.04. The van der Waals surface area contributed by atoms with Crippen LogP contribution in [0.25, 0.3) is 77.9 Å². The van der Waals surface area contributed by atoms with Gasteiger partial charge >= 0.3 is 0 Å². The van der Waals surface area contributed by atoms with Crippen LogP contribution in [0.1, 0.15) is 84.4 Å². The Morgan fingerprint density at radius 2 is 0.681 bits per heavy atom. The molecule has 2 heteroatoms. The number of benzene rings is 13. The third-order valence-electron chi connectivity index (χ3n) is 21.5. The lowest BCUT2D eigenvalue weighted by molar-refractivity contribution is 0.420. The minimum atomic E-state index is -0.787. The number of anilines is 6. The van der Waals surface area contributed by atoms with Crippen molar-refractivity contribution in [2.75, 3.05) is 9.80 Å². The molecular formula is C89H68N2. The number of nitrogens with zero attached hydrogens (tertiary/aromatic N) is 2. The molecule has 2 saturated carbocycles. The number of rotatable bonds is 11. The second kappa shape index (κ2) is 21.0. The van der Waals surface area contributed by atoms with E-state index in [-0.39, 0.29) is 5.41 Å². The summed E-state index contributed by atoms with van der Waals surface area (Å²) in [4.78, 5) is 5.11. The Hall–Kier alpha value is -10.5. The van der Waals surface area contributed by atoms with Crippen LogP contribution in [-0.2, 0) is 10.8 Å². The Morgan fingerprint density at radius 3 is 1.18 bits per heavy atom. The van der Waals surface area contributed by atoms with Crippen LogP contribution >= 0.6 is 0 Å². The maximum atomic E-state index is 2.63. The summed E-state index contributed by atoms with van der Waals surface area (Å²) >= 11 is 0. The summed E-state index contributed by atoms with van der Waals surface area (Å²) in [6, 6.07) is 118. The van der Waals surface area contributed by atoms with E-state index in [4.69, 9.17) is 0 Å². The van der Waals surface area contributed by atoms with Crippen molar-refractivity contribution in [3.8, 4) is 77.9 Å². The molecule has 18 rings (SSSR count). The van der Waals surface area contributed by atoms with Gasteiger partial charge in [0, 0.05) is 39.3 Å². The van der Waals surface area contributed by atoms with Gasteiger partial charge in [0.2, 0.25) is 0 Å². The molecule has 0 amide bonds. The number of fused-ring (bicyclic) bond motifs is 15. The van der Waals surface area contributed by atoms with E-state index in [0.29, 0.717) is 5.92 Å². The van der Waals surface area contributed by atoms with Gasteiger partial charge in [0.25, 0.3) is 0 Å². The fourth-order valence-corrected chi connectivity index (χ4v) is 17.4. The summed E-state index contributed by atoms with van der Waals surface area (Å²) in [6.07, 6.45) is 5.46. The molecule has 13 aromatic carbocycles. The fraction of sp³-hybridized carbons (Fsp3) is 0.124. The number of hydrogen-bond donors (Lipinski definition) is 0. The maximum absolute atomic E-state index is 2.63. The fourth-order valence-electron chi connectivity index (χ4n) is 17.4. The highest BCUT2D eigenvalue weighted by atomic mass is 15.2. The van der Waals surface area contributed by atoms with E-state index in [0.717, 1.165) is 51.5 Å². The van der Waals surface area contributed by atoms with Gasteiger partial charge in [-0.25, -0.2) is 0 Å². The lowest BCUT2D eigenvalue weighted by atomic mass is 9.69. The zero-order chi connectivity index (χ0) is 60.4. The molecule has 2 bridgehead atoms. The molecule has 0 aromatic heterocycles. The van der Waals surface area contributed by atoms with E-state index in [9.17, 15) is 0 Å². The summed E-state index contributed by atoms with van der Waals surface area (Å²) in [5.41, 5.74) is 32.2. The first kappa shape index (κ1) is 53.5. The predicted molar refractivity (Wildman–Crippen MR) is 380 cm³/mol. The molecular weight excluding hydrogens is 1100 g/mol. The van der Waals surface area contributed by atoms with Crippen molar-refractivity contribution in [2.24, 2.45) is 11.8 Å². The highest BCUT2D eigenvalue weighted by Crippen LogP contribution is 2.67. The first-order chi connectivity index (χ1) is 44.9. The Morgan fingerprint density at radius 1 is 0.275 bits per heavy atom. The zero-order valence-electron chi connectivity index (χ0n) is 51.4. The van der Waals surface area contributed by atoms with Crippen LogP contribution < -0.4 is 9.80 Å². The van der Waals surface area contributed by atoms with Gasteiger partial charge in [-0.1, -0.05) is 245 Å². The smallest absolute Gasteiger partial charge is 0.0727 e. The summed E-state index contributed by atoms with van der Waals surface area (Å²) in [7, 11) is 0. The third-order valence-corrected chi connectivity index (χ3v) is 21.5. The van der Waals surface area contributed by atoms with E-state index in [2.05, 4.69) is 333 Å². The third kappa shape index (κ3) is 8.38. The van der Waals surface area contributed by atoms with Crippen molar-refractivity contribution in [3.05, 3.63) is 348 Å². The molecule has 91 heavy (non-hydrogen) atoms. The van der Waals surface area contributed by atoms with Gasteiger partial charge in [0.15, 0.2) is 0 Å². The molecule has 1 spiro atoms. The van der Waals surface area contributed by atoms with Crippen molar-refractivity contribution in [1.82, 2.24) is 0 Å². The molecule has 13 aromatic rings. The Kier molecular flexibility index (Phi) is 12.4. The molecule has 4 atom stereocenters. The van der Waals surface area contributed by atoms with E-state index < -0.39 is 5.41 Å². The van der Waals surface area contributed by atoms with Crippen LogP contribution in [0.15, 0.2) is 309 Å². The predicted octanol–water partition coefficient (Wildman–Crippen LogP) is 23.8. The monoisotopic (exact) mass is 1160 g/mol. The largest absolute Gasteiger partial charge is 0.310 e. The van der Waals surface area contributed by atoms with Crippen molar-refractivity contribution in [2.45, 2.75) is 56.3 Å². The van der Waals surface area contributed by atoms with Crippen LogP contribution in [0.4, 0.5) is 34.1 Å². The van der Waals surface area contributed by atoms with Crippen molar-refractivity contribution < 1.29 is 0 Å². The van der Waals surface area contributed by atoms with E-state index in [1.54, 1.807) is 0 Å². The average molecular weight is 1170 g/mol. The standard InChI is InChI=1S/C89H68N2/c1-88(2)80-36-22-21-35-71(80)77-53-70(45-48-81(77)88)91(68-33-19-8-20-34-68)87-57-85-79(55-74(87)62-29-15-6-16-30-62)76-52-65(60-25-11-4-12-26-60)42-47-83(76)89(85)82-46-41-64(59-23-9-3-10-24-59)51-75(82)78-54-73(61-27-13-5-14-28-61)86(56-84(78)89)90(67-31-17-7-18-32-67)69-43-39-63(40-44-69)72-50-58-37-38-66(72)49-58/h3-36,39-48,51-58,66,72H,37-38,49-50H2,1-2H3. The molecule has 0 radical (unpaired) electrons. The highest BCUT2D eigenvalue weighted by Gasteiger charge is 2.53. The number of para-hydroxylation sites is 2. The summed E-state index contributed by atoms with van der Waals surface area (Å²) in [5.74, 6) is 2.31. The minimum Gasteiger partial charge on any atom is -0.310 e. The molecule has 5 aliphatic rings. The lowest BCUT2D eigenvalue weighted by Gasteiger charge is -2.35. The molecule has 5 aliphatic carbocycles. The maximum Gasteiger partial charge on any atom is 0.0727 e. The average Bonchev–Trinajstić information content (AvgIpc) is 1.50. The van der Waals surface area contributed by atoms with Crippen LogP contribution in [0.2, 0.25) is 0 Å².